The third-order valence-electron chi connectivity index (χ3n) is 3.63. The Labute approximate surface area is 127 Å². The van der Waals surface area contributed by atoms with Crippen molar-refractivity contribution in [2.24, 2.45) is 5.92 Å². The van der Waals surface area contributed by atoms with Crippen LogP contribution in [0.4, 0.5) is 0 Å². The van der Waals surface area contributed by atoms with E-state index in [1.54, 1.807) is 6.92 Å². The Morgan fingerprint density at radius 1 is 1.19 bits per heavy atom. The molecule has 21 heavy (non-hydrogen) atoms. The van der Waals surface area contributed by atoms with Crippen molar-refractivity contribution in [1.82, 2.24) is 15.5 Å². The topological polar surface area (TPSA) is 70.7 Å². The van der Waals surface area contributed by atoms with Gasteiger partial charge in [0, 0.05) is 32.6 Å². The molecule has 2 atom stereocenters. The molecule has 2 amide bonds. The second kappa shape index (κ2) is 9.00. The number of morpholine rings is 1. The van der Waals surface area contributed by atoms with E-state index in [4.69, 9.17) is 4.74 Å². The Kier molecular flexibility index (Phi) is 7.67. The molecule has 6 heteroatoms. The predicted octanol–water partition coefficient (Wildman–Crippen LogP) is 0.374. The maximum atomic E-state index is 12.0. The van der Waals surface area contributed by atoms with Crippen LogP contribution in [-0.2, 0) is 14.3 Å². The summed E-state index contributed by atoms with van der Waals surface area (Å²) in [6.45, 7) is 11.4. The summed E-state index contributed by atoms with van der Waals surface area (Å²) in [5, 5.41) is 5.56. The average Bonchev–Trinajstić information content (AvgIpc) is 2.42. The van der Waals surface area contributed by atoms with Gasteiger partial charge in [-0.25, -0.2) is 0 Å². The molecule has 0 radical (unpaired) electrons. The van der Waals surface area contributed by atoms with Crippen molar-refractivity contribution in [3.05, 3.63) is 0 Å². The van der Waals surface area contributed by atoms with E-state index < -0.39 is 6.04 Å². The lowest BCUT2D eigenvalue weighted by Crippen LogP contribution is -2.52. The Morgan fingerprint density at radius 3 is 2.33 bits per heavy atom. The predicted molar refractivity (Wildman–Crippen MR) is 81.9 cm³/mol. The zero-order chi connectivity index (χ0) is 15.8. The molecule has 0 aromatic heterocycles. The third kappa shape index (κ3) is 6.91. The zero-order valence-electron chi connectivity index (χ0n) is 13.6. The van der Waals surface area contributed by atoms with Gasteiger partial charge in [-0.15, -0.1) is 0 Å². The maximum absolute atomic E-state index is 12.0. The van der Waals surface area contributed by atoms with E-state index in [1.165, 1.54) is 6.92 Å². The Bertz CT molecular complexity index is 341. The lowest BCUT2D eigenvalue weighted by molar-refractivity contribution is -0.127. The molecule has 0 bridgehead atoms. The number of nitrogens with zero attached hydrogens (tertiary/aromatic N) is 1. The molecule has 0 spiro atoms. The summed E-state index contributed by atoms with van der Waals surface area (Å²) in [4.78, 5) is 25.3. The van der Waals surface area contributed by atoms with E-state index in [1.807, 2.05) is 0 Å². The number of hydrogen-bond donors (Lipinski definition) is 2. The molecule has 1 aliphatic heterocycles. The van der Waals surface area contributed by atoms with Gasteiger partial charge in [0.15, 0.2) is 0 Å². The van der Waals surface area contributed by atoms with Crippen molar-refractivity contribution < 1.29 is 14.3 Å². The standard InChI is InChI=1S/C15H29N3O3/c1-11(2)9-14(18-5-7-21-8-6-18)10-16-15(20)12(3)17-13(4)19/h11-12,14H,5-10H2,1-4H3,(H,16,20)(H,17,19)/t12-,14+/m0/s1. The molecule has 0 aromatic rings. The first kappa shape index (κ1) is 17.9. The van der Waals surface area contributed by atoms with Gasteiger partial charge in [-0.1, -0.05) is 13.8 Å². The lowest BCUT2D eigenvalue weighted by atomic mass is 10.0. The molecule has 1 saturated heterocycles. The number of rotatable bonds is 7. The van der Waals surface area contributed by atoms with Crippen molar-refractivity contribution in [3.8, 4) is 0 Å². The molecule has 0 saturated carbocycles. The molecule has 122 valence electrons. The highest BCUT2D eigenvalue weighted by Crippen LogP contribution is 2.13. The first-order valence-corrected chi connectivity index (χ1v) is 7.76. The summed E-state index contributed by atoms with van der Waals surface area (Å²) in [6, 6.07) is -0.172. The minimum absolute atomic E-state index is 0.132. The highest BCUT2D eigenvalue weighted by Gasteiger charge is 2.23. The van der Waals surface area contributed by atoms with Crippen LogP contribution in [0.1, 0.15) is 34.1 Å². The second-order valence-corrected chi connectivity index (χ2v) is 6.10. The maximum Gasteiger partial charge on any atom is 0.242 e. The molecule has 0 aliphatic carbocycles. The van der Waals surface area contributed by atoms with Gasteiger partial charge in [0.25, 0.3) is 0 Å². The van der Waals surface area contributed by atoms with E-state index in [0.29, 0.717) is 18.5 Å². The number of carbonyl (C=O) groups excluding carboxylic acids is 2. The first-order chi connectivity index (χ1) is 9.90. The van der Waals surface area contributed by atoms with E-state index in [-0.39, 0.29) is 11.8 Å². The number of nitrogens with one attached hydrogen (secondary N) is 2. The fraction of sp³-hybridized carbons (Fsp3) is 0.867. The molecule has 6 nitrogen and oxygen atoms in total. The van der Waals surface area contributed by atoms with Crippen LogP contribution in [0.15, 0.2) is 0 Å². The smallest absolute Gasteiger partial charge is 0.242 e. The van der Waals surface area contributed by atoms with Gasteiger partial charge >= 0.3 is 0 Å². The molecule has 1 rings (SSSR count). The Morgan fingerprint density at radius 2 is 1.81 bits per heavy atom. The fourth-order valence-electron chi connectivity index (χ4n) is 2.59. The lowest BCUT2D eigenvalue weighted by Gasteiger charge is -2.35. The van der Waals surface area contributed by atoms with Gasteiger partial charge in [0.1, 0.15) is 6.04 Å². The molecular formula is C15H29N3O3. The van der Waals surface area contributed by atoms with Gasteiger partial charge in [-0.2, -0.15) is 0 Å². The zero-order valence-corrected chi connectivity index (χ0v) is 13.6. The fourth-order valence-corrected chi connectivity index (χ4v) is 2.59. The van der Waals surface area contributed by atoms with Crippen LogP contribution >= 0.6 is 0 Å². The normalized spacial score (nSPS) is 19.1. The monoisotopic (exact) mass is 299 g/mol. The average molecular weight is 299 g/mol. The van der Waals surface area contributed by atoms with Crippen LogP contribution in [0, 0.1) is 5.92 Å². The van der Waals surface area contributed by atoms with Gasteiger partial charge in [-0.05, 0) is 19.3 Å². The van der Waals surface area contributed by atoms with Gasteiger partial charge < -0.3 is 15.4 Å². The van der Waals surface area contributed by atoms with Crippen molar-refractivity contribution >= 4 is 11.8 Å². The highest BCUT2D eigenvalue weighted by atomic mass is 16.5. The van der Waals surface area contributed by atoms with E-state index in [2.05, 4.69) is 29.4 Å². The molecule has 0 unspecified atom stereocenters. The first-order valence-electron chi connectivity index (χ1n) is 7.76. The van der Waals surface area contributed by atoms with Crippen molar-refractivity contribution in [1.29, 1.82) is 0 Å². The number of carbonyl (C=O) groups is 2. The second-order valence-electron chi connectivity index (χ2n) is 6.10. The van der Waals surface area contributed by atoms with Crippen LogP contribution < -0.4 is 10.6 Å². The summed E-state index contributed by atoms with van der Waals surface area (Å²) >= 11 is 0. The summed E-state index contributed by atoms with van der Waals surface area (Å²) in [5.74, 6) is 0.249. The molecule has 0 aromatic carbocycles. The summed E-state index contributed by atoms with van der Waals surface area (Å²) in [6.07, 6.45) is 1.04. The van der Waals surface area contributed by atoms with E-state index >= 15 is 0 Å². The summed E-state index contributed by atoms with van der Waals surface area (Å²) in [7, 11) is 0. The van der Waals surface area contributed by atoms with Crippen LogP contribution in [0.25, 0.3) is 0 Å². The number of amides is 2. The van der Waals surface area contributed by atoms with Crippen molar-refractivity contribution in [3.63, 3.8) is 0 Å². The minimum atomic E-state index is -0.494. The molecule has 2 N–H and O–H groups in total. The Hall–Kier alpha value is -1.14. The SMILES string of the molecule is CC(=O)N[C@@H](C)C(=O)NC[C@@H](CC(C)C)N1CCOCC1. The van der Waals surface area contributed by atoms with Gasteiger partial charge in [0.05, 0.1) is 13.2 Å². The van der Waals surface area contributed by atoms with Crippen molar-refractivity contribution in [2.75, 3.05) is 32.8 Å². The van der Waals surface area contributed by atoms with E-state index in [9.17, 15) is 9.59 Å². The number of ether oxygens (including phenoxy) is 1. The van der Waals surface area contributed by atoms with E-state index in [0.717, 1.165) is 32.7 Å². The summed E-state index contributed by atoms with van der Waals surface area (Å²) in [5.41, 5.74) is 0. The molecule has 1 fully saturated rings. The van der Waals surface area contributed by atoms with Crippen LogP contribution in [0.5, 0.6) is 0 Å². The Balaban J connectivity index is 2.48. The third-order valence-corrected chi connectivity index (χ3v) is 3.63. The molecular weight excluding hydrogens is 270 g/mol. The minimum Gasteiger partial charge on any atom is -0.379 e. The largest absolute Gasteiger partial charge is 0.379 e. The quantitative estimate of drug-likeness (QED) is 0.713. The molecule has 1 heterocycles. The van der Waals surface area contributed by atoms with Crippen molar-refractivity contribution in [2.45, 2.75) is 46.2 Å². The summed E-state index contributed by atoms with van der Waals surface area (Å²) < 4.78 is 5.39. The van der Waals surface area contributed by atoms with Crippen LogP contribution in [0.3, 0.4) is 0 Å². The highest BCUT2D eigenvalue weighted by molar-refractivity contribution is 5.86. The number of hydrogen-bond acceptors (Lipinski definition) is 4. The van der Waals surface area contributed by atoms with Gasteiger partial charge in [-0.3, -0.25) is 14.5 Å². The molecule has 1 aliphatic rings. The van der Waals surface area contributed by atoms with Crippen LogP contribution in [-0.4, -0.2) is 61.6 Å². The van der Waals surface area contributed by atoms with Gasteiger partial charge in [0.2, 0.25) is 11.8 Å². The van der Waals surface area contributed by atoms with Crippen LogP contribution in [0.2, 0.25) is 0 Å².